The molecule has 0 aliphatic heterocycles. The van der Waals surface area contributed by atoms with Gasteiger partial charge in [0.2, 0.25) is 0 Å². The summed E-state index contributed by atoms with van der Waals surface area (Å²) in [7, 11) is 0. The standard InChI is InChI=1S/C12H15N3O2/c1-2-14(10-8-13)9-7-11-5-3-4-6-12(11)15(16)17/h3-6H,2,7,9-10H2,1H3. The second-order valence-electron chi connectivity index (χ2n) is 3.66. The van der Waals surface area contributed by atoms with Gasteiger partial charge in [-0.2, -0.15) is 5.26 Å². The molecule has 0 unspecified atom stereocenters. The molecule has 5 nitrogen and oxygen atoms in total. The highest BCUT2D eigenvalue weighted by atomic mass is 16.6. The fourth-order valence-corrected chi connectivity index (χ4v) is 1.63. The van der Waals surface area contributed by atoms with Crippen molar-refractivity contribution in [1.82, 2.24) is 4.90 Å². The van der Waals surface area contributed by atoms with Crippen LogP contribution in [0.2, 0.25) is 0 Å². The first-order valence-corrected chi connectivity index (χ1v) is 5.50. The van der Waals surface area contributed by atoms with Crippen molar-refractivity contribution in [3.05, 3.63) is 39.9 Å². The van der Waals surface area contributed by atoms with Gasteiger partial charge < -0.3 is 0 Å². The van der Waals surface area contributed by atoms with Gasteiger partial charge in [-0.15, -0.1) is 0 Å². The van der Waals surface area contributed by atoms with E-state index in [2.05, 4.69) is 6.07 Å². The van der Waals surface area contributed by atoms with Crippen molar-refractivity contribution in [1.29, 1.82) is 5.26 Å². The maximum absolute atomic E-state index is 10.8. The summed E-state index contributed by atoms with van der Waals surface area (Å²) in [6.07, 6.45) is 0.590. The molecule has 5 heteroatoms. The van der Waals surface area contributed by atoms with E-state index in [9.17, 15) is 10.1 Å². The van der Waals surface area contributed by atoms with E-state index in [-0.39, 0.29) is 10.6 Å². The third kappa shape index (κ3) is 3.85. The molecule has 0 aliphatic carbocycles. The maximum atomic E-state index is 10.8. The molecule has 1 aromatic rings. The summed E-state index contributed by atoms with van der Waals surface area (Å²) in [5, 5.41) is 19.4. The molecule has 0 heterocycles. The van der Waals surface area contributed by atoms with E-state index in [1.54, 1.807) is 18.2 Å². The predicted molar refractivity (Wildman–Crippen MR) is 64.5 cm³/mol. The van der Waals surface area contributed by atoms with Crippen LogP contribution in [0.3, 0.4) is 0 Å². The Kier molecular flexibility index (Phi) is 5.11. The number of likely N-dealkylation sites (N-methyl/N-ethyl adjacent to an activating group) is 1. The summed E-state index contributed by atoms with van der Waals surface area (Å²) >= 11 is 0. The summed E-state index contributed by atoms with van der Waals surface area (Å²) in [5.41, 5.74) is 0.870. The molecule has 1 aromatic carbocycles. The van der Waals surface area contributed by atoms with E-state index >= 15 is 0 Å². The molecular formula is C12H15N3O2. The minimum Gasteiger partial charge on any atom is -0.291 e. The number of nitrogens with zero attached hydrogens (tertiary/aromatic N) is 3. The van der Waals surface area contributed by atoms with Crippen LogP contribution >= 0.6 is 0 Å². The molecule has 0 saturated carbocycles. The first kappa shape index (κ1) is 13.1. The smallest absolute Gasteiger partial charge is 0.272 e. The number of nitro groups is 1. The molecule has 0 fully saturated rings. The summed E-state index contributed by atoms with van der Waals surface area (Å²) in [6, 6.07) is 8.81. The Balaban J connectivity index is 2.69. The van der Waals surface area contributed by atoms with Crippen molar-refractivity contribution in [2.75, 3.05) is 19.6 Å². The second kappa shape index (κ2) is 6.61. The maximum Gasteiger partial charge on any atom is 0.272 e. The van der Waals surface area contributed by atoms with Gasteiger partial charge in [-0.05, 0) is 13.0 Å². The van der Waals surface area contributed by atoms with Crippen LogP contribution in [0.15, 0.2) is 24.3 Å². The van der Waals surface area contributed by atoms with E-state index in [4.69, 9.17) is 5.26 Å². The quantitative estimate of drug-likeness (QED) is 0.428. The normalized spacial score (nSPS) is 10.2. The topological polar surface area (TPSA) is 70.2 Å². The van der Waals surface area contributed by atoms with Crippen LogP contribution in [0.4, 0.5) is 5.69 Å². The zero-order valence-corrected chi connectivity index (χ0v) is 9.80. The molecule has 90 valence electrons. The van der Waals surface area contributed by atoms with Gasteiger partial charge in [0, 0.05) is 18.2 Å². The van der Waals surface area contributed by atoms with E-state index in [0.29, 0.717) is 25.1 Å². The molecular weight excluding hydrogens is 218 g/mol. The highest BCUT2D eigenvalue weighted by Crippen LogP contribution is 2.18. The van der Waals surface area contributed by atoms with Gasteiger partial charge in [0.25, 0.3) is 5.69 Å². The van der Waals surface area contributed by atoms with E-state index in [1.165, 1.54) is 6.07 Å². The monoisotopic (exact) mass is 233 g/mol. The van der Waals surface area contributed by atoms with E-state index in [1.807, 2.05) is 11.8 Å². The molecule has 0 spiro atoms. The van der Waals surface area contributed by atoms with Crippen molar-refractivity contribution in [2.24, 2.45) is 0 Å². The molecule has 17 heavy (non-hydrogen) atoms. The van der Waals surface area contributed by atoms with E-state index in [0.717, 1.165) is 6.54 Å². The SMILES string of the molecule is CCN(CC#N)CCc1ccccc1[N+](=O)[O-]. The lowest BCUT2D eigenvalue weighted by Crippen LogP contribution is -2.26. The van der Waals surface area contributed by atoms with Crippen molar-refractivity contribution in [3.63, 3.8) is 0 Å². The Morgan fingerprint density at radius 2 is 2.18 bits per heavy atom. The Morgan fingerprint density at radius 1 is 1.47 bits per heavy atom. The van der Waals surface area contributed by atoms with Crippen LogP contribution < -0.4 is 0 Å². The van der Waals surface area contributed by atoms with E-state index < -0.39 is 0 Å². The first-order valence-electron chi connectivity index (χ1n) is 5.50. The zero-order chi connectivity index (χ0) is 12.7. The first-order chi connectivity index (χ1) is 8.19. The van der Waals surface area contributed by atoms with Crippen LogP contribution in [-0.4, -0.2) is 29.5 Å². The number of para-hydroxylation sites is 1. The molecule has 0 aromatic heterocycles. The van der Waals surface area contributed by atoms with Gasteiger partial charge in [-0.3, -0.25) is 15.0 Å². The Labute approximate surface area is 100 Å². The van der Waals surface area contributed by atoms with Gasteiger partial charge >= 0.3 is 0 Å². The molecule has 0 bridgehead atoms. The zero-order valence-electron chi connectivity index (χ0n) is 9.80. The fraction of sp³-hybridized carbons (Fsp3) is 0.417. The number of hydrogen-bond acceptors (Lipinski definition) is 4. The molecule has 0 radical (unpaired) electrons. The lowest BCUT2D eigenvalue weighted by atomic mass is 10.1. The average molecular weight is 233 g/mol. The molecule has 0 saturated heterocycles. The lowest BCUT2D eigenvalue weighted by Gasteiger charge is -2.16. The van der Waals surface area contributed by atoms with Crippen molar-refractivity contribution < 1.29 is 4.92 Å². The molecule has 0 aliphatic rings. The van der Waals surface area contributed by atoms with Crippen LogP contribution in [0.1, 0.15) is 12.5 Å². The Morgan fingerprint density at radius 3 is 2.76 bits per heavy atom. The highest BCUT2D eigenvalue weighted by molar-refractivity contribution is 5.39. The van der Waals surface area contributed by atoms with Crippen LogP contribution in [0, 0.1) is 21.4 Å². The van der Waals surface area contributed by atoms with Gasteiger partial charge in [-0.1, -0.05) is 25.1 Å². The number of benzene rings is 1. The second-order valence-corrected chi connectivity index (χ2v) is 3.66. The van der Waals surface area contributed by atoms with Gasteiger partial charge in [-0.25, -0.2) is 0 Å². The summed E-state index contributed by atoms with van der Waals surface area (Å²) in [4.78, 5) is 12.4. The third-order valence-electron chi connectivity index (χ3n) is 2.63. The van der Waals surface area contributed by atoms with Crippen LogP contribution in [-0.2, 0) is 6.42 Å². The van der Waals surface area contributed by atoms with Crippen molar-refractivity contribution in [2.45, 2.75) is 13.3 Å². The number of hydrogen-bond donors (Lipinski definition) is 0. The average Bonchev–Trinajstić information content (AvgIpc) is 2.34. The molecule has 0 atom stereocenters. The Hall–Kier alpha value is -1.93. The molecule has 1 rings (SSSR count). The fourth-order valence-electron chi connectivity index (χ4n) is 1.63. The number of rotatable bonds is 6. The van der Waals surface area contributed by atoms with Gasteiger partial charge in [0.1, 0.15) is 0 Å². The molecule has 0 amide bonds. The van der Waals surface area contributed by atoms with Crippen LogP contribution in [0.5, 0.6) is 0 Å². The lowest BCUT2D eigenvalue weighted by molar-refractivity contribution is -0.385. The summed E-state index contributed by atoms with van der Waals surface area (Å²) < 4.78 is 0. The predicted octanol–water partition coefficient (Wildman–Crippen LogP) is 1.98. The van der Waals surface area contributed by atoms with Crippen molar-refractivity contribution in [3.8, 4) is 6.07 Å². The summed E-state index contributed by atoms with van der Waals surface area (Å²) in [5.74, 6) is 0. The van der Waals surface area contributed by atoms with Crippen LogP contribution in [0.25, 0.3) is 0 Å². The van der Waals surface area contributed by atoms with Crippen molar-refractivity contribution >= 4 is 5.69 Å². The van der Waals surface area contributed by atoms with Gasteiger partial charge in [0.05, 0.1) is 17.5 Å². The highest BCUT2D eigenvalue weighted by Gasteiger charge is 2.12. The van der Waals surface area contributed by atoms with Gasteiger partial charge in [0.15, 0.2) is 0 Å². The third-order valence-corrected chi connectivity index (χ3v) is 2.63. The minimum atomic E-state index is -0.365. The summed E-state index contributed by atoms with van der Waals surface area (Å²) in [6.45, 7) is 3.76. The Bertz CT molecular complexity index is 426. The molecule has 0 N–H and O–H groups in total. The number of nitro benzene ring substituents is 1. The minimum absolute atomic E-state index is 0.153. The number of nitriles is 1. The largest absolute Gasteiger partial charge is 0.291 e.